The zero-order valence-electron chi connectivity index (χ0n) is 20.8. The fourth-order valence-electron chi connectivity index (χ4n) is 3.81. The Morgan fingerprint density at radius 3 is 2.09 bits per heavy atom. The minimum Gasteiger partial charge on any atom is -0.478 e. The molecular weight excluding hydrogens is 446 g/mol. The predicted molar refractivity (Wildman–Crippen MR) is 137 cm³/mol. The van der Waals surface area contributed by atoms with Gasteiger partial charge in [-0.05, 0) is 53.4 Å². The summed E-state index contributed by atoms with van der Waals surface area (Å²) >= 11 is 0. The van der Waals surface area contributed by atoms with Crippen molar-refractivity contribution < 1.29 is 23.9 Å². The largest absolute Gasteiger partial charge is 0.478 e. The predicted octanol–water partition coefficient (Wildman–Crippen LogP) is 5.95. The van der Waals surface area contributed by atoms with Gasteiger partial charge in [0.2, 0.25) is 0 Å². The fourth-order valence-corrected chi connectivity index (χ4v) is 4.84. The number of rotatable bonds is 8. The van der Waals surface area contributed by atoms with Crippen molar-refractivity contribution in [1.29, 1.82) is 0 Å². The molecule has 2 aromatic carbocycles. The van der Waals surface area contributed by atoms with Crippen LogP contribution in [0.1, 0.15) is 44.7 Å². The molecule has 1 atom stereocenters. The van der Waals surface area contributed by atoms with Crippen LogP contribution in [0.2, 0.25) is 18.1 Å². The average molecular weight is 482 g/mol. The van der Waals surface area contributed by atoms with Gasteiger partial charge in [-0.25, -0.2) is 9.59 Å². The van der Waals surface area contributed by atoms with Crippen molar-refractivity contribution in [2.45, 2.75) is 57.8 Å². The molecular formula is C27H35NO5Si. The first kappa shape index (κ1) is 25.7. The second kappa shape index (κ2) is 10.2. The van der Waals surface area contributed by atoms with E-state index in [-0.39, 0.29) is 29.7 Å². The molecule has 3 rings (SSSR count). The van der Waals surface area contributed by atoms with Gasteiger partial charge < -0.3 is 19.6 Å². The summed E-state index contributed by atoms with van der Waals surface area (Å²) in [7, 11) is -2.08. The van der Waals surface area contributed by atoms with E-state index in [1.807, 2.05) is 24.3 Å². The lowest BCUT2D eigenvalue weighted by molar-refractivity contribution is -0.132. The van der Waals surface area contributed by atoms with Gasteiger partial charge in [-0.15, -0.1) is 0 Å². The van der Waals surface area contributed by atoms with Gasteiger partial charge in [0.05, 0.1) is 12.6 Å². The minimum atomic E-state index is -2.08. The summed E-state index contributed by atoms with van der Waals surface area (Å²) < 4.78 is 11.9. The van der Waals surface area contributed by atoms with E-state index in [1.165, 1.54) is 13.0 Å². The van der Waals surface area contributed by atoms with E-state index in [0.29, 0.717) is 0 Å². The van der Waals surface area contributed by atoms with Crippen LogP contribution >= 0.6 is 0 Å². The number of amides is 1. The number of carbonyl (C=O) groups is 2. The van der Waals surface area contributed by atoms with Gasteiger partial charge in [-0.2, -0.15) is 0 Å². The van der Waals surface area contributed by atoms with Gasteiger partial charge >= 0.3 is 12.1 Å². The number of nitrogens with one attached hydrogen (secondary N) is 1. The summed E-state index contributed by atoms with van der Waals surface area (Å²) in [6, 6.07) is 15.7. The van der Waals surface area contributed by atoms with Crippen LogP contribution in [0.5, 0.6) is 0 Å². The molecule has 0 bridgehead atoms. The maximum absolute atomic E-state index is 12.8. The summed E-state index contributed by atoms with van der Waals surface area (Å²) in [4.78, 5) is 24.1. The maximum atomic E-state index is 12.8. The summed E-state index contributed by atoms with van der Waals surface area (Å²) in [5.74, 6) is -1.08. The van der Waals surface area contributed by atoms with E-state index in [0.717, 1.165) is 22.3 Å². The summed E-state index contributed by atoms with van der Waals surface area (Å²) in [6.45, 7) is 12.5. The highest BCUT2D eigenvalue weighted by atomic mass is 28.4. The van der Waals surface area contributed by atoms with E-state index >= 15 is 0 Å². The zero-order chi connectivity index (χ0) is 25.1. The fraction of sp³-hybridized carbons (Fsp3) is 0.407. The molecule has 0 spiro atoms. The number of hydrogen-bond acceptors (Lipinski definition) is 4. The van der Waals surface area contributed by atoms with E-state index in [9.17, 15) is 14.7 Å². The van der Waals surface area contributed by atoms with Gasteiger partial charge in [0.1, 0.15) is 6.61 Å². The number of carbonyl (C=O) groups excluding carboxylic acids is 1. The first-order valence-corrected chi connectivity index (χ1v) is 14.5. The molecule has 7 heteroatoms. The molecule has 0 saturated heterocycles. The van der Waals surface area contributed by atoms with Crippen molar-refractivity contribution in [3.63, 3.8) is 0 Å². The molecule has 1 amide bonds. The molecule has 182 valence electrons. The molecule has 34 heavy (non-hydrogen) atoms. The summed E-state index contributed by atoms with van der Waals surface area (Å²) in [5, 5.41) is 12.1. The smallest absolute Gasteiger partial charge is 0.407 e. The molecule has 2 N–H and O–H groups in total. The first-order chi connectivity index (χ1) is 15.9. The number of benzene rings is 2. The van der Waals surface area contributed by atoms with Crippen LogP contribution in [0.4, 0.5) is 4.79 Å². The van der Waals surface area contributed by atoms with Crippen LogP contribution in [-0.4, -0.2) is 44.7 Å². The zero-order valence-corrected chi connectivity index (χ0v) is 21.8. The molecule has 0 heterocycles. The number of fused-ring (bicyclic) bond motifs is 3. The van der Waals surface area contributed by atoms with E-state index in [2.05, 4.69) is 63.4 Å². The van der Waals surface area contributed by atoms with Crippen LogP contribution in [-0.2, 0) is 14.0 Å². The Morgan fingerprint density at radius 2 is 1.59 bits per heavy atom. The Kier molecular flexibility index (Phi) is 7.68. The van der Waals surface area contributed by atoms with Crippen molar-refractivity contribution in [1.82, 2.24) is 5.32 Å². The van der Waals surface area contributed by atoms with Crippen LogP contribution < -0.4 is 5.32 Å². The van der Waals surface area contributed by atoms with E-state index in [1.54, 1.807) is 0 Å². The van der Waals surface area contributed by atoms with Crippen LogP contribution in [0.25, 0.3) is 11.1 Å². The lowest BCUT2D eigenvalue weighted by atomic mass is 9.98. The highest BCUT2D eigenvalue weighted by Gasteiger charge is 2.37. The maximum Gasteiger partial charge on any atom is 0.407 e. The van der Waals surface area contributed by atoms with Crippen LogP contribution in [0, 0.1) is 0 Å². The highest BCUT2D eigenvalue weighted by molar-refractivity contribution is 6.74. The molecule has 1 aliphatic carbocycles. The first-order valence-electron chi connectivity index (χ1n) is 11.6. The third-order valence-electron chi connectivity index (χ3n) is 6.87. The molecule has 0 unspecified atom stereocenters. The van der Waals surface area contributed by atoms with Gasteiger partial charge in [-0.1, -0.05) is 69.3 Å². The quantitative estimate of drug-likeness (QED) is 0.360. The molecule has 0 radical (unpaired) electrons. The molecule has 0 aliphatic heterocycles. The minimum absolute atomic E-state index is 0.00707. The second-order valence-electron chi connectivity index (χ2n) is 10.3. The van der Waals surface area contributed by atoms with E-state index < -0.39 is 26.4 Å². The number of hydrogen-bond donors (Lipinski definition) is 2. The molecule has 0 aromatic heterocycles. The lowest BCUT2D eigenvalue weighted by Crippen LogP contribution is -2.46. The number of carboxylic acids is 1. The highest BCUT2D eigenvalue weighted by Crippen LogP contribution is 2.44. The van der Waals surface area contributed by atoms with Crippen molar-refractivity contribution in [2.75, 3.05) is 13.2 Å². The monoisotopic (exact) mass is 481 g/mol. The Balaban J connectivity index is 1.70. The summed E-state index contributed by atoms with van der Waals surface area (Å²) in [6.07, 6.45) is 0.914. The van der Waals surface area contributed by atoms with Crippen molar-refractivity contribution in [2.24, 2.45) is 0 Å². The topological polar surface area (TPSA) is 84.9 Å². The standard InChI is InChI=1S/C27H35NO5Si/c1-18(25(29)30)15-19(16-33-34(5,6)27(2,3)4)28-26(31)32-17-24-22-13-9-7-11-20(22)21-12-8-10-14-23(21)24/h7-15,19,24H,16-17H2,1-6H3,(H,28,31)(H,29,30)/b18-15+/t19-/m0/s1. The number of alkyl carbamates (subject to hydrolysis) is 1. The Labute approximate surface area is 203 Å². The number of aliphatic carboxylic acids is 1. The second-order valence-corrected chi connectivity index (χ2v) is 15.1. The van der Waals surface area contributed by atoms with Gasteiger partial charge in [0.25, 0.3) is 0 Å². The molecule has 0 saturated carbocycles. The summed E-state index contributed by atoms with van der Waals surface area (Å²) in [5.41, 5.74) is 4.73. The Morgan fingerprint density at radius 1 is 1.06 bits per heavy atom. The number of carboxylic acid groups (broad SMARTS) is 1. The SMILES string of the molecule is C/C(=C\[C@@H](CO[Si](C)(C)C(C)(C)C)NC(=O)OCC1c2ccccc2-c2ccccc21)C(=O)O. The number of ether oxygens (including phenoxy) is 1. The van der Waals surface area contributed by atoms with Crippen molar-refractivity contribution in [3.05, 3.63) is 71.3 Å². The van der Waals surface area contributed by atoms with Gasteiger partial charge in [-0.3, -0.25) is 0 Å². The van der Waals surface area contributed by atoms with Crippen LogP contribution in [0.15, 0.2) is 60.2 Å². The van der Waals surface area contributed by atoms with Gasteiger partial charge in [0.15, 0.2) is 8.32 Å². The van der Waals surface area contributed by atoms with Crippen molar-refractivity contribution in [3.8, 4) is 11.1 Å². The third-order valence-corrected chi connectivity index (χ3v) is 11.4. The Hall–Kier alpha value is -2.90. The average Bonchev–Trinajstić information content (AvgIpc) is 3.09. The molecule has 0 fully saturated rings. The molecule has 1 aliphatic rings. The molecule has 6 nitrogen and oxygen atoms in total. The normalized spacial score (nSPS) is 14.8. The Bertz CT molecular complexity index is 1040. The van der Waals surface area contributed by atoms with Crippen molar-refractivity contribution >= 4 is 20.4 Å². The van der Waals surface area contributed by atoms with Gasteiger partial charge in [0, 0.05) is 11.5 Å². The molecule has 2 aromatic rings. The third kappa shape index (κ3) is 5.77. The lowest BCUT2D eigenvalue weighted by Gasteiger charge is -2.37. The van der Waals surface area contributed by atoms with E-state index in [4.69, 9.17) is 9.16 Å². The van der Waals surface area contributed by atoms with Crippen LogP contribution in [0.3, 0.4) is 0 Å².